The summed E-state index contributed by atoms with van der Waals surface area (Å²) in [6, 6.07) is 33.9. The van der Waals surface area contributed by atoms with Crippen molar-refractivity contribution in [2.24, 2.45) is 5.41 Å². The van der Waals surface area contributed by atoms with Gasteiger partial charge < -0.3 is 0 Å². The quantitative estimate of drug-likeness (QED) is 0.306. The van der Waals surface area contributed by atoms with Crippen LogP contribution >= 0.6 is 0 Å². The van der Waals surface area contributed by atoms with Crippen molar-refractivity contribution >= 4 is 0 Å². The molecule has 0 atom stereocenters. The Hall–Kier alpha value is -1.98. The Kier molecular flexibility index (Phi) is 6.87. The van der Waals surface area contributed by atoms with Gasteiger partial charge in [0.2, 0.25) is 0 Å². The predicted octanol–water partition coefficient (Wildman–Crippen LogP) is 8.39. The van der Waals surface area contributed by atoms with Crippen LogP contribution < -0.4 is 0 Å². The fraction of sp³-hybridized carbons (Fsp3) is 0.290. The first-order chi connectivity index (χ1) is 15.3. The number of hydrogen-bond acceptors (Lipinski definition) is 0. The van der Waals surface area contributed by atoms with Crippen LogP contribution in [0.25, 0.3) is 0 Å². The zero-order valence-electron chi connectivity index (χ0n) is 20.3. The van der Waals surface area contributed by atoms with Crippen LogP contribution in [0.1, 0.15) is 51.3 Å². The average Bonchev–Trinajstić information content (AvgIpc) is 2.95. The standard InChI is InChI=1S/C10H15.3C7H7.Zr/c1-7-6-10(4,5)9(3)8(7)2;3*1-7-5-3-2-4-6-7;/h1-5H3;3*2-6H,1H2;. The Balaban J connectivity index is 1.94. The summed E-state index contributed by atoms with van der Waals surface area (Å²) < 4.78 is 5.57. The molecule has 1 aliphatic rings. The van der Waals surface area contributed by atoms with Gasteiger partial charge in [0.15, 0.2) is 0 Å². The summed E-state index contributed by atoms with van der Waals surface area (Å²) in [4.78, 5) is 0. The van der Waals surface area contributed by atoms with Gasteiger partial charge in [0.25, 0.3) is 0 Å². The number of hydrogen-bond donors (Lipinski definition) is 0. The Morgan fingerprint density at radius 2 is 0.875 bits per heavy atom. The van der Waals surface area contributed by atoms with E-state index in [-0.39, 0.29) is 5.41 Å². The van der Waals surface area contributed by atoms with Crippen LogP contribution in [0.5, 0.6) is 0 Å². The third-order valence-corrected chi connectivity index (χ3v) is 20.8. The molecule has 0 N–H and O–H groups in total. The monoisotopic (exact) mass is 498 g/mol. The Bertz CT molecular complexity index is 1020. The summed E-state index contributed by atoms with van der Waals surface area (Å²) in [6.45, 7) is 12.1. The van der Waals surface area contributed by atoms with E-state index in [4.69, 9.17) is 0 Å². The fourth-order valence-electron chi connectivity index (χ4n) is 6.07. The molecule has 4 rings (SSSR count). The molecule has 1 aliphatic carbocycles. The van der Waals surface area contributed by atoms with Crippen molar-refractivity contribution < 1.29 is 20.3 Å². The normalized spacial score (nSPS) is 16.0. The van der Waals surface area contributed by atoms with Gasteiger partial charge in [-0.2, -0.15) is 0 Å². The van der Waals surface area contributed by atoms with E-state index in [9.17, 15) is 0 Å². The molecule has 0 heterocycles. The van der Waals surface area contributed by atoms with Gasteiger partial charge in [-0.05, 0) is 0 Å². The van der Waals surface area contributed by atoms with E-state index in [1.165, 1.54) is 34.6 Å². The molecule has 32 heavy (non-hydrogen) atoms. The minimum absolute atomic E-state index is 0.141. The summed E-state index contributed by atoms with van der Waals surface area (Å²) in [5.41, 5.74) is 9.35. The van der Waals surface area contributed by atoms with Crippen molar-refractivity contribution in [1.29, 1.82) is 0 Å². The zero-order valence-corrected chi connectivity index (χ0v) is 22.7. The molecule has 3 aromatic rings. The molecule has 0 aromatic heterocycles. The number of benzene rings is 3. The van der Waals surface area contributed by atoms with Gasteiger partial charge in [-0.3, -0.25) is 0 Å². The van der Waals surface area contributed by atoms with Crippen molar-refractivity contribution in [3.05, 3.63) is 128 Å². The minimum atomic E-state index is -3.07. The van der Waals surface area contributed by atoms with Gasteiger partial charge in [0, 0.05) is 0 Å². The molecular formula is C31H36Zr. The summed E-state index contributed by atoms with van der Waals surface area (Å²) in [7, 11) is 0. The van der Waals surface area contributed by atoms with Crippen LogP contribution in [-0.4, -0.2) is 0 Å². The van der Waals surface area contributed by atoms with Gasteiger partial charge in [0.1, 0.15) is 0 Å². The summed E-state index contributed by atoms with van der Waals surface area (Å²) in [6.07, 6.45) is 0. The van der Waals surface area contributed by atoms with E-state index < -0.39 is 20.3 Å². The molecule has 0 bridgehead atoms. The first-order valence-electron chi connectivity index (χ1n) is 11.9. The number of rotatable bonds is 7. The molecule has 0 saturated heterocycles. The Morgan fingerprint density at radius 3 is 1.16 bits per heavy atom. The van der Waals surface area contributed by atoms with E-state index >= 15 is 0 Å². The van der Waals surface area contributed by atoms with Crippen LogP contribution in [0.4, 0.5) is 0 Å². The Labute approximate surface area is 199 Å². The molecule has 0 aliphatic heterocycles. The molecule has 1 heteroatoms. The van der Waals surface area contributed by atoms with Gasteiger partial charge in [-0.1, -0.05) is 0 Å². The van der Waals surface area contributed by atoms with Crippen molar-refractivity contribution in [2.45, 2.75) is 47.0 Å². The maximum atomic E-state index is 2.49. The molecule has 0 spiro atoms. The predicted molar refractivity (Wildman–Crippen MR) is 135 cm³/mol. The van der Waals surface area contributed by atoms with Crippen LogP contribution in [0, 0.1) is 5.41 Å². The Morgan fingerprint density at radius 1 is 0.531 bits per heavy atom. The van der Waals surface area contributed by atoms with E-state index in [1.807, 2.05) is 3.28 Å². The van der Waals surface area contributed by atoms with Gasteiger partial charge in [0.05, 0.1) is 0 Å². The van der Waals surface area contributed by atoms with Crippen LogP contribution in [0.3, 0.4) is 0 Å². The summed E-state index contributed by atoms with van der Waals surface area (Å²) in [5.74, 6) is 0. The summed E-state index contributed by atoms with van der Waals surface area (Å²) in [5, 5.41) is 0. The van der Waals surface area contributed by atoms with Gasteiger partial charge in [-0.25, -0.2) is 0 Å². The first kappa shape index (κ1) is 23.2. The van der Waals surface area contributed by atoms with E-state index in [2.05, 4.69) is 126 Å². The van der Waals surface area contributed by atoms with Crippen molar-refractivity contribution in [2.75, 3.05) is 0 Å². The first-order valence-corrected chi connectivity index (χ1v) is 18.3. The molecule has 0 fully saturated rings. The molecule has 0 nitrogen and oxygen atoms in total. The SMILES string of the molecule is CC1=C(C)C(C)(C)[C]([Zr]([CH2]c2ccccc2)([CH2]c2ccccc2)[CH2]c2ccccc2)=C1C. The van der Waals surface area contributed by atoms with Crippen molar-refractivity contribution in [1.82, 2.24) is 0 Å². The van der Waals surface area contributed by atoms with Crippen LogP contribution in [0.15, 0.2) is 111 Å². The van der Waals surface area contributed by atoms with Crippen LogP contribution in [-0.2, 0) is 32.7 Å². The molecule has 0 saturated carbocycles. The topological polar surface area (TPSA) is 0 Å². The second-order valence-corrected chi connectivity index (χ2v) is 20.3. The maximum absolute atomic E-state index is 3.07. The molecular weight excluding hydrogens is 464 g/mol. The van der Waals surface area contributed by atoms with E-state index in [0.29, 0.717) is 0 Å². The molecule has 164 valence electrons. The van der Waals surface area contributed by atoms with E-state index in [0.717, 1.165) is 0 Å². The second kappa shape index (κ2) is 9.48. The van der Waals surface area contributed by atoms with Gasteiger partial charge in [-0.15, -0.1) is 0 Å². The van der Waals surface area contributed by atoms with Gasteiger partial charge >= 0.3 is 200 Å². The second-order valence-electron chi connectivity index (χ2n) is 10.1. The van der Waals surface area contributed by atoms with E-state index in [1.54, 1.807) is 11.1 Å². The zero-order chi connectivity index (χ0) is 22.8. The fourth-order valence-corrected chi connectivity index (χ4v) is 21.9. The van der Waals surface area contributed by atoms with Crippen molar-refractivity contribution in [3.8, 4) is 0 Å². The molecule has 0 amide bonds. The molecule has 0 unspecified atom stereocenters. The number of allylic oxidation sites excluding steroid dienone is 4. The third-order valence-electron chi connectivity index (χ3n) is 7.75. The third kappa shape index (κ3) is 4.56. The van der Waals surface area contributed by atoms with Crippen molar-refractivity contribution in [3.63, 3.8) is 0 Å². The van der Waals surface area contributed by atoms with Crippen LogP contribution in [0.2, 0.25) is 0 Å². The summed E-state index contributed by atoms with van der Waals surface area (Å²) >= 11 is -3.07. The molecule has 3 aromatic carbocycles. The average molecular weight is 500 g/mol. The molecule has 0 radical (unpaired) electrons.